The monoisotopic (exact) mass is 240 g/mol. The van der Waals surface area contributed by atoms with Gasteiger partial charge in [-0.15, -0.1) is 0 Å². The van der Waals surface area contributed by atoms with Crippen molar-refractivity contribution >= 4 is 5.91 Å². The molecule has 2 N–H and O–H groups in total. The Balaban J connectivity index is 2.22. The molecule has 1 fully saturated rings. The average Bonchev–Trinajstić information content (AvgIpc) is 2.90. The Labute approximate surface area is 106 Å². The molecule has 0 radical (unpaired) electrons. The summed E-state index contributed by atoms with van der Waals surface area (Å²) >= 11 is 0. The molecular weight excluding hydrogens is 212 g/mol. The number of hydrogen-bond acceptors (Lipinski definition) is 2. The van der Waals surface area contributed by atoms with Gasteiger partial charge in [0.05, 0.1) is 6.04 Å². The first kappa shape index (κ1) is 14.5. The zero-order valence-electron chi connectivity index (χ0n) is 12.0. The molecule has 0 bridgehead atoms. The Kier molecular flexibility index (Phi) is 4.99. The van der Waals surface area contributed by atoms with Gasteiger partial charge in [0.25, 0.3) is 0 Å². The second kappa shape index (κ2) is 5.85. The van der Waals surface area contributed by atoms with E-state index in [1.807, 2.05) is 6.92 Å². The van der Waals surface area contributed by atoms with Crippen LogP contribution in [0.1, 0.15) is 53.9 Å². The van der Waals surface area contributed by atoms with Crippen molar-refractivity contribution in [1.82, 2.24) is 10.6 Å². The molecule has 0 aromatic carbocycles. The molecule has 17 heavy (non-hydrogen) atoms. The van der Waals surface area contributed by atoms with Crippen LogP contribution in [0.3, 0.4) is 0 Å². The third kappa shape index (κ3) is 4.30. The number of nitrogens with one attached hydrogen (secondary N) is 2. The zero-order valence-corrected chi connectivity index (χ0v) is 12.0. The van der Waals surface area contributed by atoms with Crippen molar-refractivity contribution in [2.75, 3.05) is 6.54 Å². The van der Waals surface area contributed by atoms with E-state index in [0.29, 0.717) is 11.5 Å². The third-order valence-electron chi connectivity index (χ3n) is 4.11. The summed E-state index contributed by atoms with van der Waals surface area (Å²) in [5.41, 5.74) is 0.485. The van der Waals surface area contributed by atoms with Gasteiger partial charge in [-0.25, -0.2) is 0 Å². The molecule has 2 unspecified atom stereocenters. The molecule has 0 saturated heterocycles. The summed E-state index contributed by atoms with van der Waals surface area (Å²) in [6.07, 6.45) is 3.29. The largest absolute Gasteiger partial charge is 0.352 e. The first-order chi connectivity index (χ1) is 7.90. The van der Waals surface area contributed by atoms with Crippen molar-refractivity contribution in [2.24, 2.45) is 11.3 Å². The molecule has 0 heterocycles. The van der Waals surface area contributed by atoms with Gasteiger partial charge in [-0.2, -0.15) is 0 Å². The van der Waals surface area contributed by atoms with Gasteiger partial charge in [-0.1, -0.05) is 27.7 Å². The SMILES string of the molecule is CCC(CC)NC(=O)C(C)NCC1CC1(C)C. The normalized spacial score (nSPS) is 23.5. The summed E-state index contributed by atoms with van der Waals surface area (Å²) in [6, 6.07) is 0.246. The van der Waals surface area contributed by atoms with Crippen LogP contribution in [0, 0.1) is 11.3 Å². The van der Waals surface area contributed by atoms with Crippen molar-refractivity contribution in [3.63, 3.8) is 0 Å². The lowest BCUT2D eigenvalue weighted by Gasteiger charge is -2.19. The van der Waals surface area contributed by atoms with Crippen LogP contribution in [0.15, 0.2) is 0 Å². The summed E-state index contributed by atoms with van der Waals surface area (Å²) in [7, 11) is 0. The van der Waals surface area contributed by atoms with Crippen LogP contribution >= 0.6 is 0 Å². The van der Waals surface area contributed by atoms with Crippen molar-refractivity contribution in [3.05, 3.63) is 0 Å². The summed E-state index contributed by atoms with van der Waals surface area (Å²) in [6.45, 7) is 11.7. The molecule has 1 amide bonds. The van der Waals surface area contributed by atoms with Crippen LogP contribution in [-0.4, -0.2) is 24.5 Å². The van der Waals surface area contributed by atoms with E-state index >= 15 is 0 Å². The summed E-state index contributed by atoms with van der Waals surface area (Å²) in [4.78, 5) is 11.9. The lowest BCUT2D eigenvalue weighted by atomic mass is 10.1. The van der Waals surface area contributed by atoms with Gasteiger partial charge in [0.2, 0.25) is 5.91 Å². The van der Waals surface area contributed by atoms with Crippen LogP contribution in [0.2, 0.25) is 0 Å². The molecule has 2 atom stereocenters. The van der Waals surface area contributed by atoms with E-state index in [1.165, 1.54) is 6.42 Å². The minimum atomic E-state index is -0.0769. The van der Waals surface area contributed by atoms with E-state index < -0.39 is 0 Å². The number of amides is 1. The van der Waals surface area contributed by atoms with Crippen LogP contribution in [-0.2, 0) is 4.79 Å². The number of carbonyl (C=O) groups excluding carboxylic acids is 1. The fourth-order valence-corrected chi connectivity index (χ4v) is 2.16. The maximum Gasteiger partial charge on any atom is 0.237 e. The van der Waals surface area contributed by atoms with Crippen LogP contribution in [0.5, 0.6) is 0 Å². The van der Waals surface area contributed by atoms with Gasteiger partial charge in [0.1, 0.15) is 0 Å². The van der Waals surface area contributed by atoms with Crippen molar-refractivity contribution in [3.8, 4) is 0 Å². The minimum absolute atomic E-state index is 0.0769. The summed E-state index contributed by atoms with van der Waals surface area (Å²) in [5.74, 6) is 0.878. The van der Waals surface area contributed by atoms with E-state index in [4.69, 9.17) is 0 Å². The lowest BCUT2D eigenvalue weighted by Crippen LogP contribution is -2.46. The van der Waals surface area contributed by atoms with Gasteiger partial charge >= 0.3 is 0 Å². The molecule has 3 nitrogen and oxygen atoms in total. The maximum absolute atomic E-state index is 11.9. The highest BCUT2D eigenvalue weighted by molar-refractivity contribution is 5.81. The Morgan fingerprint density at radius 1 is 1.35 bits per heavy atom. The van der Waals surface area contributed by atoms with E-state index in [0.717, 1.165) is 25.3 Å². The molecule has 3 heteroatoms. The van der Waals surface area contributed by atoms with Crippen molar-refractivity contribution in [2.45, 2.75) is 66.0 Å². The van der Waals surface area contributed by atoms with Crippen molar-refractivity contribution in [1.29, 1.82) is 0 Å². The second-order valence-electron chi connectivity index (χ2n) is 6.04. The Morgan fingerprint density at radius 3 is 2.29 bits per heavy atom. The van der Waals surface area contributed by atoms with Gasteiger partial charge in [-0.05, 0) is 44.1 Å². The topological polar surface area (TPSA) is 41.1 Å². The van der Waals surface area contributed by atoms with Crippen LogP contribution < -0.4 is 10.6 Å². The van der Waals surface area contributed by atoms with Gasteiger partial charge < -0.3 is 10.6 Å². The standard InChI is InChI=1S/C14H28N2O/c1-6-12(7-2)16-13(17)10(3)15-9-11-8-14(11,4)5/h10-12,15H,6-9H2,1-5H3,(H,16,17). The fraction of sp³-hybridized carbons (Fsp3) is 0.929. The predicted molar refractivity (Wildman–Crippen MR) is 71.9 cm³/mol. The average molecular weight is 240 g/mol. The molecule has 1 saturated carbocycles. The quantitative estimate of drug-likeness (QED) is 0.717. The van der Waals surface area contributed by atoms with E-state index in [9.17, 15) is 4.79 Å². The molecule has 0 aromatic rings. The summed E-state index contributed by atoms with van der Waals surface area (Å²) < 4.78 is 0. The maximum atomic E-state index is 11.9. The molecule has 0 spiro atoms. The van der Waals surface area contributed by atoms with Gasteiger partial charge in [-0.3, -0.25) is 4.79 Å². The highest BCUT2D eigenvalue weighted by atomic mass is 16.2. The highest BCUT2D eigenvalue weighted by Crippen LogP contribution is 2.50. The highest BCUT2D eigenvalue weighted by Gasteiger charge is 2.45. The smallest absolute Gasteiger partial charge is 0.237 e. The van der Waals surface area contributed by atoms with Gasteiger partial charge in [0.15, 0.2) is 0 Å². The molecular formula is C14H28N2O. The predicted octanol–water partition coefficient (Wildman–Crippen LogP) is 2.32. The van der Waals surface area contributed by atoms with Crippen molar-refractivity contribution < 1.29 is 4.79 Å². The van der Waals surface area contributed by atoms with E-state index in [-0.39, 0.29) is 11.9 Å². The number of hydrogen-bond donors (Lipinski definition) is 2. The van der Waals surface area contributed by atoms with E-state index in [1.54, 1.807) is 0 Å². The Bertz CT molecular complexity index is 259. The molecule has 1 rings (SSSR count). The fourth-order valence-electron chi connectivity index (χ4n) is 2.16. The Hall–Kier alpha value is -0.570. The first-order valence-corrected chi connectivity index (χ1v) is 6.94. The molecule has 1 aliphatic rings. The number of carbonyl (C=O) groups is 1. The molecule has 0 aromatic heterocycles. The molecule has 0 aliphatic heterocycles. The second-order valence-corrected chi connectivity index (χ2v) is 6.04. The summed E-state index contributed by atoms with van der Waals surface area (Å²) in [5, 5.41) is 6.42. The molecule has 100 valence electrons. The Morgan fingerprint density at radius 2 is 1.88 bits per heavy atom. The first-order valence-electron chi connectivity index (χ1n) is 6.94. The minimum Gasteiger partial charge on any atom is -0.352 e. The van der Waals surface area contributed by atoms with Crippen LogP contribution in [0.25, 0.3) is 0 Å². The molecule has 1 aliphatic carbocycles. The van der Waals surface area contributed by atoms with Gasteiger partial charge in [0, 0.05) is 6.04 Å². The number of rotatable bonds is 7. The third-order valence-corrected chi connectivity index (χ3v) is 4.11. The van der Waals surface area contributed by atoms with E-state index in [2.05, 4.69) is 38.3 Å². The van der Waals surface area contributed by atoms with Crippen LogP contribution in [0.4, 0.5) is 0 Å². The lowest BCUT2D eigenvalue weighted by molar-refractivity contribution is -0.123. The zero-order chi connectivity index (χ0) is 13.1.